The topological polar surface area (TPSA) is 0 Å². The van der Waals surface area contributed by atoms with Crippen molar-refractivity contribution in [1.29, 1.82) is 0 Å². The van der Waals surface area contributed by atoms with Crippen molar-refractivity contribution in [2.24, 2.45) is 11.8 Å². The molecule has 0 spiro atoms. The Morgan fingerprint density at radius 2 is 1.44 bits per heavy atom. The molecule has 1 saturated carbocycles. The second kappa shape index (κ2) is 2.17. The summed E-state index contributed by atoms with van der Waals surface area (Å²) in [5, 5.41) is 0. The van der Waals surface area contributed by atoms with Crippen LogP contribution in [0.4, 0.5) is 0 Å². The van der Waals surface area contributed by atoms with Crippen LogP contribution >= 0.6 is 0 Å². The third kappa shape index (κ3) is 0.910. The van der Waals surface area contributed by atoms with E-state index < -0.39 is 0 Å². The molecule has 0 heteroatoms. The van der Waals surface area contributed by atoms with Crippen LogP contribution in [0.25, 0.3) is 0 Å². The standard InChI is InChI=1S/C9H14/c1-2-5-9-7-3-6-8(9)4-1/h1-2,8-9H,3-7H2. The van der Waals surface area contributed by atoms with E-state index in [9.17, 15) is 0 Å². The second-order valence-electron chi connectivity index (χ2n) is 3.39. The van der Waals surface area contributed by atoms with Gasteiger partial charge in [-0.25, -0.2) is 0 Å². The molecule has 9 heavy (non-hydrogen) atoms. The van der Waals surface area contributed by atoms with Crippen molar-refractivity contribution in [3.63, 3.8) is 0 Å². The molecule has 0 aliphatic heterocycles. The van der Waals surface area contributed by atoms with E-state index in [2.05, 4.69) is 12.2 Å². The third-order valence-corrected chi connectivity index (χ3v) is 2.86. The van der Waals surface area contributed by atoms with Gasteiger partial charge in [-0.3, -0.25) is 0 Å². The van der Waals surface area contributed by atoms with Crippen LogP contribution in [-0.2, 0) is 0 Å². The van der Waals surface area contributed by atoms with Gasteiger partial charge in [-0.2, -0.15) is 0 Å². The number of hydrogen-bond donors (Lipinski definition) is 0. The maximum absolute atomic E-state index is 2.37. The van der Waals surface area contributed by atoms with E-state index in [0.717, 1.165) is 11.8 Å². The summed E-state index contributed by atoms with van der Waals surface area (Å²) in [6.45, 7) is 0. The Morgan fingerprint density at radius 1 is 0.889 bits per heavy atom. The van der Waals surface area contributed by atoms with Crippen molar-refractivity contribution >= 4 is 0 Å². The van der Waals surface area contributed by atoms with Crippen LogP contribution < -0.4 is 0 Å². The predicted octanol–water partition coefficient (Wildman–Crippen LogP) is 2.75. The zero-order valence-corrected chi connectivity index (χ0v) is 5.84. The van der Waals surface area contributed by atoms with Crippen molar-refractivity contribution in [3.05, 3.63) is 12.2 Å². The first-order chi connectivity index (χ1) is 4.47. The molecular formula is C9H14. The second-order valence-corrected chi connectivity index (χ2v) is 3.39. The quantitative estimate of drug-likeness (QED) is 0.433. The van der Waals surface area contributed by atoms with Gasteiger partial charge in [-0.05, 0) is 37.5 Å². The minimum atomic E-state index is 1.08. The van der Waals surface area contributed by atoms with Gasteiger partial charge >= 0.3 is 0 Å². The summed E-state index contributed by atoms with van der Waals surface area (Å²) in [5.74, 6) is 2.16. The highest BCUT2D eigenvalue weighted by Crippen LogP contribution is 2.38. The molecule has 1 fully saturated rings. The largest absolute Gasteiger partial charge is 0.0882 e. The zero-order chi connectivity index (χ0) is 6.10. The molecule has 0 heterocycles. The summed E-state index contributed by atoms with van der Waals surface area (Å²) in [6.07, 6.45) is 12.0. The predicted molar refractivity (Wildman–Crippen MR) is 39.2 cm³/mol. The fourth-order valence-electron chi connectivity index (χ4n) is 2.28. The highest BCUT2D eigenvalue weighted by molar-refractivity contribution is 4.96. The Bertz CT molecular complexity index is 110. The lowest BCUT2D eigenvalue weighted by Crippen LogP contribution is -2.08. The molecule has 0 N–H and O–H groups in total. The molecule has 0 amide bonds. The summed E-state index contributed by atoms with van der Waals surface area (Å²) in [5.41, 5.74) is 0. The van der Waals surface area contributed by atoms with Crippen molar-refractivity contribution in [1.82, 2.24) is 0 Å². The van der Waals surface area contributed by atoms with E-state index in [1.165, 1.54) is 32.1 Å². The van der Waals surface area contributed by atoms with Crippen LogP contribution in [0.2, 0.25) is 0 Å². The molecule has 2 rings (SSSR count). The number of rotatable bonds is 0. The number of allylic oxidation sites excluding steroid dienone is 2. The first-order valence-corrected chi connectivity index (χ1v) is 4.12. The number of hydrogen-bond acceptors (Lipinski definition) is 0. The first-order valence-electron chi connectivity index (χ1n) is 4.12. The molecule has 2 unspecified atom stereocenters. The number of fused-ring (bicyclic) bond motifs is 1. The Balaban J connectivity index is 2.07. The van der Waals surface area contributed by atoms with E-state index in [0.29, 0.717) is 0 Å². The summed E-state index contributed by atoms with van der Waals surface area (Å²) >= 11 is 0. The molecule has 0 aromatic rings. The maximum atomic E-state index is 2.37. The Labute approximate surface area is 57.0 Å². The Morgan fingerprint density at radius 3 is 2.00 bits per heavy atom. The van der Waals surface area contributed by atoms with Crippen molar-refractivity contribution < 1.29 is 0 Å². The Hall–Kier alpha value is -0.260. The molecule has 0 saturated heterocycles. The van der Waals surface area contributed by atoms with Crippen LogP contribution in [0.15, 0.2) is 12.2 Å². The monoisotopic (exact) mass is 122 g/mol. The minimum absolute atomic E-state index is 1.08. The highest BCUT2D eigenvalue weighted by atomic mass is 14.3. The zero-order valence-electron chi connectivity index (χ0n) is 5.84. The van der Waals surface area contributed by atoms with Gasteiger partial charge in [0.25, 0.3) is 0 Å². The minimum Gasteiger partial charge on any atom is -0.0882 e. The molecule has 0 aromatic heterocycles. The van der Waals surface area contributed by atoms with Gasteiger partial charge in [-0.15, -0.1) is 0 Å². The van der Waals surface area contributed by atoms with E-state index in [1.807, 2.05) is 0 Å². The highest BCUT2D eigenvalue weighted by Gasteiger charge is 2.26. The lowest BCUT2D eigenvalue weighted by atomic mass is 9.86. The summed E-state index contributed by atoms with van der Waals surface area (Å²) < 4.78 is 0. The normalized spacial score (nSPS) is 40.9. The third-order valence-electron chi connectivity index (χ3n) is 2.86. The van der Waals surface area contributed by atoms with Gasteiger partial charge in [0.15, 0.2) is 0 Å². The fourth-order valence-corrected chi connectivity index (χ4v) is 2.28. The van der Waals surface area contributed by atoms with Crippen LogP contribution in [0.5, 0.6) is 0 Å². The molecule has 2 aliphatic carbocycles. The summed E-state index contributed by atoms with van der Waals surface area (Å²) in [4.78, 5) is 0. The first kappa shape index (κ1) is 5.52. The van der Waals surface area contributed by atoms with Crippen molar-refractivity contribution in [2.45, 2.75) is 32.1 Å². The molecule has 0 aromatic carbocycles. The van der Waals surface area contributed by atoms with Crippen LogP contribution in [-0.4, -0.2) is 0 Å². The summed E-state index contributed by atoms with van der Waals surface area (Å²) in [7, 11) is 0. The maximum Gasteiger partial charge on any atom is -0.0319 e. The average molecular weight is 122 g/mol. The van der Waals surface area contributed by atoms with Crippen LogP contribution in [0.3, 0.4) is 0 Å². The van der Waals surface area contributed by atoms with Gasteiger partial charge in [0.05, 0.1) is 0 Å². The van der Waals surface area contributed by atoms with E-state index >= 15 is 0 Å². The summed E-state index contributed by atoms with van der Waals surface area (Å²) in [6, 6.07) is 0. The molecule has 2 aliphatic rings. The molecule has 50 valence electrons. The molecule has 0 bridgehead atoms. The van der Waals surface area contributed by atoms with Gasteiger partial charge in [-0.1, -0.05) is 18.6 Å². The smallest absolute Gasteiger partial charge is 0.0319 e. The van der Waals surface area contributed by atoms with Gasteiger partial charge in [0.1, 0.15) is 0 Å². The Kier molecular flexibility index (Phi) is 1.33. The molecule has 2 atom stereocenters. The van der Waals surface area contributed by atoms with Gasteiger partial charge < -0.3 is 0 Å². The SMILES string of the molecule is C1=CCC2CCCC2C1. The van der Waals surface area contributed by atoms with Crippen LogP contribution in [0, 0.1) is 11.8 Å². The molecule has 0 nitrogen and oxygen atoms in total. The van der Waals surface area contributed by atoms with E-state index in [-0.39, 0.29) is 0 Å². The van der Waals surface area contributed by atoms with Crippen molar-refractivity contribution in [3.8, 4) is 0 Å². The van der Waals surface area contributed by atoms with Crippen LogP contribution in [0.1, 0.15) is 32.1 Å². The lowest BCUT2D eigenvalue weighted by Gasteiger charge is -2.19. The fraction of sp³-hybridized carbons (Fsp3) is 0.778. The van der Waals surface area contributed by atoms with E-state index in [1.54, 1.807) is 0 Å². The molecular weight excluding hydrogens is 108 g/mol. The lowest BCUT2D eigenvalue weighted by molar-refractivity contribution is 0.380. The van der Waals surface area contributed by atoms with Gasteiger partial charge in [0, 0.05) is 0 Å². The van der Waals surface area contributed by atoms with Crippen molar-refractivity contribution in [2.75, 3.05) is 0 Å². The molecule has 0 radical (unpaired) electrons. The average Bonchev–Trinajstić information content (AvgIpc) is 2.33. The van der Waals surface area contributed by atoms with E-state index in [4.69, 9.17) is 0 Å². The van der Waals surface area contributed by atoms with Gasteiger partial charge in [0.2, 0.25) is 0 Å².